The Morgan fingerprint density at radius 1 is 1.31 bits per heavy atom. The number of amides is 1. The molecule has 3 heterocycles. The lowest BCUT2D eigenvalue weighted by atomic mass is 10.1. The molecule has 1 atom stereocenters. The number of hydrogen-bond acceptors (Lipinski definition) is 6. The molecule has 0 bridgehead atoms. The summed E-state index contributed by atoms with van der Waals surface area (Å²) in [5.41, 5.74) is 1.42. The minimum Gasteiger partial charge on any atom is -0.350 e. The van der Waals surface area contributed by atoms with E-state index in [4.69, 9.17) is 0 Å². The lowest BCUT2D eigenvalue weighted by Gasteiger charge is -2.35. The summed E-state index contributed by atoms with van der Waals surface area (Å²) in [6.07, 6.45) is 3.67. The van der Waals surface area contributed by atoms with Gasteiger partial charge >= 0.3 is 0 Å². The molecule has 0 saturated carbocycles. The highest BCUT2D eigenvalue weighted by atomic mass is 32.1. The number of thiazole rings is 1. The van der Waals surface area contributed by atoms with E-state index in [1.165, 1.54) is 11.3 Å². The summed E-state index contributed by atoms with van der Waals surface area (Å²) in [6, 6.07) is 0. The van der Waals surface area contributed by atoms with Gasteiger partial charge in [0.1, 0.15) is 10.7 Å². The summed E-state index contributed by atoms with van der Waals surface area (Å²) in [6.45, 7) is 11.8. The summed E-state index contributed by atoms with van der Waals surface area (Å²) in [4.78, 5) is 21.8. The highest BCUT2D eigenvalue weighted by molar-refractivity contribution is 7.13. The normalized spacial score (nSPS) is 17.3. The SMILES string of the molecule is CCN1CCN(CC(C)CNC(=O)c2csc(-c3cnn(C)c3)n2)CC1. The van der Waals surface area contributed by atoms with E-state index in [2.05, 4.69) is 39.0 Å². The van der Waals surface area contributed by atoms with E-state index in [-0.39, 0.29) is 5.91 Å². The largest absolute Gasteiger partial charge is 0.350 e. The van der Waals surface area contributed by atoms with Crippen LogP contribution in [0, 0.1) is 5.92 Å². The number of piperazine rings is 1. The Balaban J connectivity index is 1.44. The second-order valence-electron chi connectivity index (χ2n) is 6.99. The van der Waals surface area contributed by atoms with Crippen LogP contribution in [0.2, 0.25) is 0 Å². The van der Waals surface area contributed by atoms with Crippen LogP contribution in [0.1, 0.15) is 24.3 Å². The monoisotopic (exact) mass is 376 g/mol. The predicted octanol–water partition coefficient (Wildman–Crippen LogP) is 1.55. The number of carbonyl (C=O) groups excluding carboxylic acids is 1. The highest BCUT2D eigenvalue weighted by Crippen LogP contribution is 2.22. The molecule has 2 aromatic heterocycles. The fourth-order valence-corrected chi connectivity index (χ4v) is 3.97. The zero-order chi connectivity index (χ0) is 18.5. The number of aromatic nitrogens is 3. The van der Waals surface area contributed by atoms with Gasteiger partial charge in [-0.3, -0.25) is 9.48 Å². The van der Waals surface area contributed by atoms with Crippen LogP contribution in [0.3, 0.4) is 0 Å². The summed E-state index contributed by atoms with van der Waals surface area (Å²) in [5.74, 6) is 0.322. The molecular formula is C18H28N6OS. The molecule has 142 valence electrons. The van der Waals surface area contributed by atoms with Crippen molar-refractivity contribution in [1.82, 2.24) is 29.9 Å². The van der Waals surface area contributed by atoms with Gasteiger partial charge < -0.3 is 15.1 Å². The van der Waals surface area contributed by atoms with Crippen molar-refractivity contribution in [3.63, 3.8) is 0 Å². The third-order valence-corrected chi connectivity index (χ3v) is 5.67. The minimum atomic E-state index is -0.0981. The van der Waals surface area contributed by atoms with Crippen molar-refractivity contribution >= 4 is 17.2 Å². The standard InChI is InChI=1S/C18H28N6OS/c1-4-23-5-7-24(8-6-23)11-14(2)9-19-17(25)16-13-26-18(21-16)15-10-20-22(3)12-15/h10,12-14H,4-9,11H2,1-3H3,(H,19,25). The minimum absolute atomic E-state index is 0.0981. The molecule has 0 aromatic carbocycles. The van der Waals surface area contributed by atoms with Crippen LogP contribution in [0.4, 0.5) is 0 Å². The van der Waals surface area contributed by atoms with Gasteiger partial charge in [-0.2, -0.15) is 5.10 Å². The molecule has 1 aliphatic heterocycles. The fourth-order valence-electron chi connectivity index (χ4n) is 3.19. The molecule has 1 amide bonds. The zero-order valence-corrected chi connectivity index (χ0v) is 16.6. The molecule has 1 N–H and O–H groups in total. The van der Waals surface area contributed by atoms with Crippen LogP contribution in [-0.4, -0.2) is 76.3 Å². The molecule has 8 heteroatoms. The van der Waals surface area contributed by atoms with Gasteiger partial charge in [0.15, 0.2) is 0 Å². The Morgan fingerprint density at radius 2 is 2.04 bits per heavy atom. The molecule has 1 fully saturated rings. The molecular weight excluding hydrogens is 348 g/mol. The first-order chi connectivity index (χ1) is 12.5. The molecule has 0 spiro atoms. The van der Waals surface area contributed by atoms with Crippen molar-refractivity contribution in [2.45, 2.75) is 13.8 Å². The van der Waals surface area contributed by atoms with Crippen molar-refractivity contribution in [3.8, 4) is 10.6 Å². The number of nitrogens with zero attached hydrogens (tertiary/aromatic N) is 5. The average Bonchev–Trinajstić information content (AvgIpc) is 3.29. The van der Waals surface area contributed by atoms with Gasteiger partial charge in [0.25, 0.3) is 5.91 Å². The average molecular weight is 377 g/mol. The van der Waals surface area contributed by atoms with Gasteiger partial charge in [-0.1, -0.05) is 13.8 Å². The van der Waals surface area contributed by atoms with E-state index in [0.29, 0.717) is 18.2 Å². The van der Waals surface area contributed by atoms with Crippen molar-refractivity contribution in [2.24, 2.45) is 13.0 Å². The van der Waals surface area contributed by atoms with Crippen molar-refractivity contribution < 1.29 is 4.79 Å². The van der Waals surface area contributed by atoms with E-state index in [9.17, 15) is 4.79 Å². The van der Waals surface area contributed by atoms with Crippen LogP contribution in [-0.2, 0) is 7.05 Å². The third-order valence-electron chi connectivity index (χ3n) is 4.78. The summed E-state index contributed by atoms with van der Waals surface area (Å²) < 4.78 is 1.73. The zero-order valence-electron chi connectivity index (χ0n) is 15.8. The van der Waals surface area contributed by atoms with Crippen LogP contribution < -0.4 is 5.32 Å². The van der Waals surface area contributed by atoms with E-state index >= 15 is 0 Å². The first kappa shape index (κ1) is 19.0. The number of carbonyl (C=O) groups is 1. The van der Waals surface area contributed by atoms with Gasteiger partial charge in [-0.25, -0.2) is 4.98 Å². The van der Waals surface area contributed by atoms with Gasteiger partial charge in [0, 0.05) is 63.5 Å². The van der Waals surface area contributed by atoms with Crippen LogP contribution in [0.5, 0.6) is 0 Å². The molecule has 3 rings (SSSR count). The number of likely N-dealkylation sites (N-methyl/N-ethyl adjacent to an activating group) is 1. The number of nitrogens with one attached hydrogen (secondary N) is 1. The summed E-state index contributed by atoms with van der Waals surface area (Å²) >= 11 is 1.47. The highest BCUT2D eigenvalue weighted by Gasteiger charge is 2.18. The van der Waals surface area contributed by atoms with Gasteiger partial charge in [0.05, 0.1) is 6.20 Å². The Kier molecular flexibility index (Phi) is 6.39. The van der Waals surface area contributed by atoms with Gasteiger partial charge in [0.2, 0.25) is 0 Å². The smallest absolute Gasteiger partial charge is 0.270 e. The molecule has 1 unspecified atom stereocenters. The first-order valence-corrected chi connectivity index (χ1v) is 10.1. The maximum absolute atomic E-state index is 12.4. The second-order valence-corrected chi connectivity index (χ2v) is 7.85. The predicted molar refractivity (Wildman–Crippen MR) is 104 cm³/mol. The fraction of sp³-hybridized carbons (Fsp3) is 0.611. The van der Waals surface area contributed by atoms with Crippen molar-refractivity contribution in [2.75, 3.05) is 45.8 Å². The lowest BCUT2D eigenvalue weighted by molar-refractivity contribution is 0.0929. The van der Waals surface area contributed by atoms with Crippen molar-refractivity contribution in [3.05, 3.63) is 23.5 Å². The van der Waals surface area contributed by atoms with Gasteiger partial charge in [-0.05, 0) is 12.5 Å². The topological polar surface area (TPSA) is 66.3 Å². The molecule has 7 nitrogen and oxygen atoms in total. The Bertz CT molecular complexity index is 719. The molecule has 1 aliphatic rings. The van der Waals surface area contributed by atoms with E-state index in [1.807, 2.05) is 18.6 Å². The lowest BCUT2D eigenvalue weighted by Crippen LogP contribution is -2.48. The Labute approximate surface area is 159 Å². The number of aryl methyl sites for hydroxylation is 1. The molecule has 0 radical (unpaired) electrons. The van der Waals surface area contributed by atoms with E-state index in [0.717, 1.165) is 49.8 Å². The molecule has 1 saturated heterocycles. The molecule has 2 aromatic rings. The van der Waals surface area contributed by atoms with Gasteiger partial charge in [-0.15, -0.1) is 11.3 Å². The van der Waals surface area contributed by atoms with E-state index < -0.39 is 0 Å². The summed E-state index contributed by atoms with van der Waals surface area (Å²) in [7, 11) is 1.87. The quantitative estimate of drug-likeness (QED) is 0.794. The summed E-state index contributed by atoms with van der Waals surface area (Å²) in [5, 5.41) is 9.81. The maximum Gasteiger partial charge on any atom is 0.270 e. The number of rotatable bonds is 7. The van der Waals surface area contributed by atoms with Crippen molar-refractivity contribution in [1.29, 1.82) is 0 Å². The molecule has 26 heavy (non-hydrogen) atoms. The maximum atomic E-state index is 12.4. The first-order valence-electron chi connectivity index (χ1n) is 9.22. The Morgan fingerprint density at radius 3 is 2.69 bits per heavy atom. The molecule has 0 aliphatic carbocycles. The van der Waals surface area contributed by atoms with E-state index in [1.54, 1.807) is 10.9 Å². The Hall–Kier alpha value is -1.77. The number of hydrogen-bond donors (Lipinski definition) is 1. The second kappa shape index (κ2) is 8.75. The third kappa shape index (κ3) is 4.90. The van der Waals surface area contributed by atoms with Crippen LogP contribution in [0.15, 0.2) is 17.8 Å². The van der Waals surface area contributed by atoms with Crippen LogP contribution >= 0.6 is 11.3 Å². The van der Waals surface area contributed by atoms with Crippen LogP contribution in [0.25, 0.3) is 10.6 Å².